The number of carbonyl (C=O) groups is 4. The van der Waals surface area contributed by atoms with Crippen molar-refractivity contribution >= 4 is 24.0 Å². The number of hydrogen-bond donors (Lipinski definition) is 5. The molecule has 1 aliphatic heterocycles. The predicted octanol–water partition coefficient (Wildman–Crippen LogP) is 4.97. The zero-order valence-electron chi connectivity index (χ0n) is 32.3. The van der Waals surface area contributed by atoms with Crippen LogP contribution in [0.3, 0.4) is 0 Å². The van der Waals surface area contributed by atoms with Gasteiger partial charge in [0.05, 0.1) is 44.4 Å². The highest BCUT2D eigenvalue weighted by Crippen LogP contribution is 2.29. The van der Waals surface area contributed by atoms with Crippen molar-refractivity contribution in [1.82, 2.24) is 35.8 Å². The number of likely N-dealkylation sites (tertiary alicyclic amines) is 1. The average molecular weight is 758 g/mol. The molecule has 2 aromatic carbocycles. The lowest BCUT2D eigenvalue weighted by Gasteiger charge is -2.31. The predicted molar refractivity (Wildman–Crippen MR) is 206 cm³/mol. The van der Waals surface area contributed by atoms with E-state index in [0.717, 1.165) is 52.2 Å². The van der Waals surface area contributed by atoms with Gasteiger partial charge in [-0.15, -0.1) is 0 Å². The van der Waals surface area contributed by atoms with Gasteiger partial charge in [-0.05, 0) is 68.0 Å². The molecule has 15 nitrogen and oxygen atoms in total. The Morgan fingerprint density at radius 1 is 0.727 bits per heavy atom. The second-order valence-electron chi connectivity index (χ2n) is 13.6. The summed E-state index contributed by atoms with van der Waals surface area (Å²) in [5.41, 5.74) is 6.88. The van der Waals surface area contributed by atoms with Crippen molar-refractivity contribution in [1.29, 1.82) is 0 Å². The van der Waals surface area contributed by atoms with E-state index < -0.39 is 48.4 Å². The normalized spacial score (nSPS) is 16.7. The first kappa shape index (κ1) is 40.5. The molecule has 55 heavy (non-hydrogen) atoms. The van der Waals surface area contributed by atoms with E-state index in [-0.39, 0.29) is 11.9 Å². The van der Waals surface area contributed by atoms with Gasteiger partial charge in [0.1, 0.15) is 17.9 Å². The number of aromatic amines is 2. The molecule has 0 spiro atoms. The van der Waals surface area contributed by atoms with Gasteiger partial charge in [0.15, 0.2) is 0 Å². The van der Waals surface area contributed by atoms with Crippen LogP contribution < -0.4 is 16.0 Å². The molecule has 5 rings (SSSR count). The summed E-state index contributed by atoms with van der Waals surface area (Å²) < 4.78 is 20.1. The Labute approximate surface area is 320 Å². The molecule has 1 saturated heterocycles. The largest absolute Gasteiger partial charge is 0.453 e. The van der Waals surface area contributed by atoms with Crippen LogP contribution in [0.25, 0.3) is 33.6 Å². The first-order valence-corrected chi connectivity index (χ1v) is 18.3. The fourth-order valence-electron chi connectivity index (χ4n) is 6.68. The minimum atomic E-state index is -0.952. The van der Waals surface area contributed by atoms with Gasteiger partial charge in [-0.1, -0.05) is 48.5 Å². The molecule has 0 bridgehead atoms. The molecule has 294 valence electrons. The summed E-state index contributed by atoms with van der Waals surface area (Å²) >= 11 is 0. The van der Waals surface area contributed by atoms with Gasteiger partial charge in [0.25, 0.3) is 0 Å². The molecule has 0 radical (unpaired) electrons. The molecule has 3 heterocycles. The number of hydrogen-bond acceptors (Lipinski definition) is 9. The smallest absolute Gasteiger partial charge is 0.407 e. The van der Waals surface area contributed by atoms with E-state index in [9.17, 15) is 19.2 Å². The minimum absolute atomic E-state index is 0.00687. The third-order valence-electron chi connectivity index (χ3n) is 10.1. The number of nitrogens with zero attached hydrogens (tertiary/aromatic N) is 2. The lowest BCUT2D eigenvalue weighted by molar-refractivity contribution is -0.137. The maximum absolute atomic E-state index is 13.5. The molecule has 0 saturated carbocycles. The van der Waals surface area contributed by atoms with Crippen LogP contribution in [-0.4, -0.2) is 109 Å². The Balaban J connectivity index is 1.19. The van der Waals surface area contributed by atoms with E-state index in [4.69, 9.17) is 14.2 Å². The van der Waals surface area contributed by atoms with Gasteiger partial charge in [-0.3, -0.25) is 9.59 Å². The van der Waals surface area contributed by atoms with Crippen molar-refractivity contribution in [2.24, 2.45) is 0 Å². The topological polar surface area (TPSA) is 189 Å². The van der Waals surface area contributed by atoms with Gasteiger partial charge in [-0.2, -0.15) is 0 Å². The molecular weight excluding hydrogens is 706 g/mol. The second kappa shape index (κ2) is 18.6. The summed E-state index contributed by atoms with van der Waals surface area (Å²) in [5, 5.41) is 8.02. The number of methoxy groups -OCH3 is 4. The van der Waals surface area contributed by atoms with Crippen LogP contribution in [0.1, 0.15) is 51.2 Å². The first-order valence-electron chi connectivity index (χ1n) is 18.3. The SMILES string of the molecule is COC(=O)N[C@H](C(=O)N[C@@H](C)c1ncc(-c2ccc(-c3ccc(-c4ccc(C[C@@H]5CCCN5C(=O)[C@@H](NC(=O)OC)[C@@H](C)OC)[nH]4)cc3)cc2)[nH]1)[C@@H](C)OC. The highest BCUT2D eigenvalue weighted by molar-refractivity contribution is 5.87. The Kier molecular flexibility index (Phi) is 13.7. The lowest BCUT2D eigenvalue weighted by Crippen LogP contribution is -2.55. The molecule has 2 aromatic heterocycles. The van der Waals surface area contributed by atoms with E-state index in [2.05, 4.69) is 72.0 Å². The third-order valence-corrected chi connectivity index (χ3v) is 10.1. The van der Waals surface area contributed by atoms with E-state index >= 15 is 0 Å². The monoisotopic (exact) mass is 757 g/mol. The van der Waals surface area contributed by atoms with Crippen LogP contribution in [0.15, 0.2) is 66.9 Å². The Morgan fingerprint density at radius 3 is 1.85 bits per heavy atom. The van der Waals surface area contributed by atoms with Crippen LogP contribution in [-0.2, 0) is 35.0 Å². The Hall–Kier alpha value is -5.67. The Bertz CT molecular complexity index is 1910. The van der Waals surface area contributed by atoms with E-state index in [0.29, 0.717) is 18.8 Å². The number of rotatable bonds is 15. The molecule has 1 aliphatic rings. The number of nitrogens with one attached hydrogen (secondary N) is 5. The summed E-state index contributed by atoms with van der Waals surface area (Å²) in [6, 6.07) is 18.3. The van der Waals surface area contributed by atoms with Crippen LogP contribution in [0.4, 0.5) is 9.59 Å². The summed E-state index contributed by atoms with van der Waals surface area (Å²) in [5.74, 6) is -0.0496. The van der Waals surface area contributed by atoms with Crippen molar-refractivity contribution in [2.75, 3.05) is 35.0 Å². The van der Waals surface area contributed by atoms with Crippen LogP contribution in [0, 0.1) is 0 Å². The lowest BCUT2D eigenvalue weighted by atomic mass is 10.0. The maximum Gasteiger partial charge on any atom is 0.407 e. The van der Waals surface area contributed by atoms with Crippen molar-refractivity contribution in [3.8, 4) is 33.6 Å². The fourth-order valence-corrected chi connectivity index (χ4v) is 6.68. The van der Waals surface area contributed by atoms with Gasteiger partial charge < -0.3 is 49.8 Å². The quantitative estimate of drug-likeness (QED) is 0.112. The number of imidazole rings is 1. The number of ether oxygens (including phenoxy) is 4. The number of aromatic nitrogens is 3. The van der Waals surface area contributed by atoms with Crippen molar-refractivity contribution in [2.45, 2.75) is 76.4 Å². The maximum atomic E-state index is 13.5. The van der Waals surface area contributed by atoms with Crippen molar-refractivity contribution in [3.05, 3.63) is 78.4 Å². The van der Waals surface area contributed by atoms with Crippen LogP contribution in [0.2, 0.25) is 0 Å². The molecule has 0 unspecified atom stereocenters. The first-order chi connectivity index (χ1) is 26.5. The average Bonchev–Trinajstić information content (AvgIpc) is 4.00. The number of H-pyrrole nitrogens is 2. The third kappa shape index (κ3) is 9.91. The van der Waals surface area contributed by atoms with Gasteiger partial charge >= 0.3 is 12.2 Å². The van der Waals surface area contributed by atoms with Crippen molar-refractivity contribution < 1.29 is 38.1 Å². The molecule has 4 aromatic rings. The van der Waals surface area contributed by atoms with Crippen LogP contribution in [0.5, 0.6) is 0 Å². The summed E-state index contributed by atoms with van der Waals surface area (Å²) in [6.07, 6.45) is 1.63. The molecular formula is C40H51N7O8. The zero-order valence-corrected chi connectivity index (χ0v) is 32.3. The van der Waals surface area contributed by atoms with E-state index in [1.54, 1.807) is 27.0 Å². The second-order valence-corrected chi connectivity index (χ2v) is 13.6. The number of alkyl carbamates (subject to hydrolysis) is 2. The van der Waals surface area contributed by atoms with Gasteiger partial charge in [0.2, 0.25) is 11.8 Å². The summed E-state index contributed by atoms with van der Waals surface area (Å²) in [7, 11) is 5.47. The Morgan fingerprint density at radius 2 is 1.27 bits per heavy atom. The van der Waals surface area contributed by atoms with Gasteiger partial charge in [-0.25, -0.2) is 14.6 Å². The molecule has 6 atom stereocenters. The standard InChI is InChI=1S/C40H51N7O8/c1-23(42-37(48)34(24(2)52-4)45-39(50)54-6)36-41-22-33(44-36)29-16-12-27(13-17-29)26-10-14-28(15-11-26)32-19-18-30(43-32)21-31-9-8-20-47(31)38(49)35(25(3)53-5)46-40(51)55-7/h10-19,22-25,31,34-35,43H,8-9,20-21H2,1-7H3,(H,41,44)(H,42,48)(H,45,50)(H,46,51)/t23-,24+,25+,31-,34-,35-/m0/s1. The zero-order chi connectivity index (χ0) is 39.6. The molecule has 4 amide bonds. The summed E-state index contributed by atoms with van der Waals surface area (Å²) in [4.78, 5) is 63.4. The van der Waals surface area contributed by atoms with Crippen LogP contribution >= 0.6 is 0 Å². The van der Waals surface area contributed by atoms with Gasteiger partial charge in [0, 0.05) is 44.6 Å². The highest BCUT2D eigenvalue weighted by Gasteiger charge is 2.37. The fraction of sp³-hybridized carbons (Fsp3) is 0.425. The molecule has 1 fully saturated rings. The van der Waals surface area contributed by atoms with Crippen molar-refractivity contribution in [3.63, 3.8) is 0 Å². The van der Waals surface area contributed by atoms with E-state index in [1.165, 1.54) is 28.4 Å². The highest BCUT2D eigenvalue weighted by atomic mass is 16.5. The minimum Gasteiger partial charge on any atom is -0.453 e. The van der Waals surface area contributed by atoms with E-state index in [1.807, 2.05) is 29.2 Å². The number of benzene rings is 2. The molecule has 15 heteroatoms. The molecule has 5 N–H and O–H groups in total. The molecule has 0 aliphatic carbocycles. The number of amides is 4. The number of carbonyl (C=O) groups excluding carboxylic acids is 4. The summed E-state index contributed by atoms with van der Waals surface area (Å²) in [6.45, 7) is 5.85.